The van der Waals surface area contributed by atoms with Gasteiger partial charge < -0.3 is 5.32 Å². The Morgan fingerprint density at radius 1 is 1.27 bits per heavy atom. The first-order valence-corrected chi connectivity index (χ1v) is 9.54. The molecule has 26 heavy (non-hydrogen) atoms. The van der Waals surface area contributed by atoms with Crippen LogP contribution in [0.2, 0.25) is 5.02 Å². The van der Waals surface area contributed by atoms with E-state index in [1.165, 1.54) is 25.2 Å². The highest BCUT2D eigenvalue weighted by molar-refractivity contribution is 7.92. The SMILES string of the molecule is Cc1c(C(=O)Nc2cc([N+](=O)[O-])ccc2Cl)cccc1N(C)S(C)(=O)=O. The van der Waals surface area contributed by atoms with Gasteiger partial charge in [-0.25, -0.2) is 8.42 Å². The third kappa shape index (κ3) is 4.12. The van der Waals surface area contributed by atoms with Crippen LogP contribution < -0.4 is 9.62 Å². The summed E-state index contributed by atoms with van der Waals surface area (Å²) in [5.41, 5.74) is 0.893. The molecule has 10 heteroatoms. The number of nitro benzene ring substituents is 1. The van der Waals surface area contributed by atoms with E-state index in [0.29, 0.717) is 11.3 Å². The molecule has 0 aliphatic carbocycles. The Bertz CT molecular complexity index is 991. The maximum absolute atomic E-state index is 12.6. The summed E-state index contributed by atoms with van der Waals surface area (Å²) in [7, 11) is -2.11. The quantitative estimate of drug-likeness (QED) is 0.615. The lowest BCUT2D eigenvalue weighted by atomic mass is 10.1. The van der Waals surface area contributed by atoms with Gasteiger partial charge in [-0.1, -0.05) is 17.7 Å². The fourth-order valence-corrected chi connectivity index (χ4v) is 3.02. The van der Waals surface area contributed by atoms with Crippen LogP contribution in [0.4, 0.5) is 17.1 Å². The van der Waals surface area contributed by atoms with Crippen molar-refractivity contribution >= 4 is 44.6 Å². The van der Waals surface area contributed by atoms with Crippen molar-refractivity contribution in [3.05, 3.63) is 62.7 Å². The molecular weight excluding hydrogens is 382 g/mol. The van der Waals surface area contributed by atoms with Gasteiger partial charge in [0.2, 0.25) is 10.0 Å². The zero-order valence-corrected chi connectivity index (χ0v) is 15.8. The lowest BCUT2D eigenvalue weighted by Gasteiger charge is -2.20. The molecule has 0 aromatic heterocycles. The molecule has 8 nitrogen and oxygen atoms in total. The molecule has 2 aromatic rings. The highest BCUT2D eigenvalue weighted by Gasteiger charge is 2.19. The van der Waals surface area contributed by atoms with Crippen molar-refractivity contribution in [2.45, 2.75) is 6.92 Å². The fourth-order valence-electron chi connectivity index (χ4n) is 2.30. The van der Waals surface area contributed by atoms with Gasteiger partial charge in [-0.15, -0.1) is 0 Å². The number of halogens is 1. The third-order valence-electron chi connectivity index (χ3n) is 3.80. The molecule has 1 amide bonds. The number of sulfonamides is 1. The Kier molecular flexibility index (Phi) is 5.53. The average Bonchev–Trinajstić information content (AvgIpc) is 2.55. The number of hydrogen-bond donors (Lipinski definition) is 1. The summed E-state index contributed by atoms with van der Waals surface area (Å²) < 4.78 is 24.6. The minimum Gasteiger partial charge on any atom is -0.320 e. The van der Waals surface area contributed by atoms with Crippen molar-refractivity contribution in [3.8, 4) is 0 Å². The second-order valence-corrected chi connectivity index (χ2v) is 7.98. The maximum atomic E-state index is 12.6. The monoisotopic (exact) mass is 397 g/mol. The zero-order valence-electron chi connectivity index (χ0n) is 14.2. The molecule has 1 N–H and O–H groups in total. The molecule has 138 valence electrons. The molecule has 0 bridgehead atoms. The van der Waals surface area contributed by atoms with E-state index in [-0.39, 0.29) is 22.0 Å². The van der Waals surface area contributed by atoms with Crippen molar-refractivity contribution in [1.29, 1.82) is 0 Å². The number of anilines is 2. The predicted molar refractivity (Wildman–Crippen MR) is 100 cm³/mol. The van der Waals surface area contributed by atoms with Crippen molar-refractivity contribution in [3.63, 3.8) is 0 Å². The van der Waals surface area contributed by atoms with Crippen LogP contribution in [0.15, 0.2) is 36.4 Å². The van der Waals surface area contributed by atoms with Gasteiger partial charge in [0.15, 0.2) is 0 Å². The van der Waals surface area contributed by atoms with Crippen LogP contribution in [-0.4, -0.2) is 32.6 Å². The van der Waals surface area contributed by atoms with E-state index in [1.54, 1.807) is 19.1 Å². The highest BCUT2D eigenvalue weighted by atomic mass is 35.5. The van der Waals surface area contributed by atoms with Crippen LogP contribution in [0, 0.1) is 17.0 Å². The van der Waals surface area contributed by atoms with Crippen molar-refractivity contribution in [2.24, 2.45) is 0 Å². The van der Waals surface area contributed by atoms with Crippen LogP contribution in [-0.2, 0) is 10.0 Å². The van der Waals surface area contributed by atoms with E-state index < -0.39 is 20.9 Å². The van der Waals surface area contributed by atoms with E-state index >= 15 is 0 Å². The number of carbonyl (C=O) groups is 1. The minimum absolute atomic E-state index is 0.0899. The first kappa shape index (κ1) is 19.7. The Balaban J connectivity index is 2.40. The second-order valence-electron chi connectivity index (χ2n) is 5.56. The average molecular weight is 398 g/mol. The van der Waals surface area contributed by atoms with Crippen LogP contribution in [0.25, 0.3) is 0 Å². The summed E-state index contributed by atoms with van der Waals surface area (Å²) in [6, 6.07) is 8.35. The molecule has 0 aliphatic heterocycles. The van der Waals surface area contributed by atoms with Gasteiger partial charge in [0.25, 0.3) is 11.6 Å². The number of hydrogen-bond acceptors (Lipinski definition) is 5. The third-order valence-corrected chi connectivity index (χ3v) is 5.32. The Morgan fingerprint density at radius 3 is 2.50 bits per heavy atom. The fraction of sp³-hybridized carbons (Fsp3) is 0.188. The summed E-state index contributed by atoms with van der Waals surface area (Å²) in [5, 5.41) is 13.5. The Hall–Kier alpha value is -2.65. The van der Waals surface area contributed by atoms with E-state index in [1.807, 2.05) is 0 Å². The minimum atomic E-state index is -3.50. The Labute approximate surface area is 155 Å². The van der Waals surface area contributed by atoms with Crippen molar-refractivity contribution in [1.82, 2.24) is 0 Å². The molecule has 0 aliphatic rings. The topological polar surface area (TPSA) is 110 Å². The van der Waals surface area contributed by atoms with Gasteiger partial charge in [0, 0.05) is 24.7 Å². The zero-order chi connectivity index (χ0) is 19.6. The second kappa shape index (κ2) is 7.30. The number of amides is 1. The van der Waals surface area contributed by atoms with Gasteiger partial charge in [-0.3, -0.25) is 19.2 Å². The number of carbonyl (C=O) groups excluding carboxylic acids is 1. The molecule has 0 heterocycles. The van der Waals surface area contributed by atoms with Gasteiger partial charge in [0.05, 0.1) is 27.6 Å². The van der Waals surface area contributed by atoms with Gasteiger partial charge in [0.1, 0.15) is 0 Å². The molecule has 2 rings (SSSR count). The first-order valence-electron chi connectivity index (χ1n) is 7.31. The van der Waals surface area contributed by atoms with Gasteiger partial charge in [-0.2, -0.15) is 0 Å². The molecule has 0 spiro atoms. The van der Waals surface area contributed by atoms with Crippen LogP contribution >= 0.6 is 11.6 Å². The molecule has 0 saturated heterocycles. The van der Waals surface area contributed by atoms with Crippen molar-refractivity contribution in [2.75, 3.05) is 22.9 Å². The summed E-state index contributed by atoms with van der Waals surface area (Å²) in [6.07, 6.45) is 1.06. The smallest absolute Gasteiger partial charge is 0.271 e. The van der Waals surface area contributed by atoms with Crippen LogP contribution in [0.5, 0.6) is 0 Å². The van der Waals surface area contributed by atoms with E-state index in [9.17, 15) is 23.3 Å². The number of non-ortho nitro benzene ring substituents is 1. The van der Waals surface area contributed by atoms with E-state index in [0.717, 1.165) is 16.6 Å². The maximum Gasteiger partial charge on any atom is 0.271 e. The summed E-state index contributed by atoms with van der Waals surface area (Å²) in [5.74, 6) is -0.561. The lowest BCUT2D eigenvalue weighted by Crippen LogP contribution is -2.26. The molecule has 0 fully saturated rings. The van der Waals surface area contributed by atoms with Crippen LogP contribution in [0.3, 0.4) is 0 Å². The first-order chi connectivity index (χ1) is 12.0. The number of rotatable bonds is 5. The summed E-state index contributed by atoms with van der Waals surface area (Å²) >= 11 is 5.99. The summed E-state index contributed by atoms with van der Waals surface area (Å²) in [6.45, 7) is 1.61. The largest absolute Gasteiger partial charge is 0.320 e. The number of nitrogens with one attached hydrogen (secondary N) is 1. The van der Waals surface area contributed by atoms with Crippen LogP contribution in [0.1, 0.15) is 15.9 Å². The number of nitrogens with zero attached hydrogens (tertiary/aromatic N) is 2. The number of nitro groups is 1. The predicted octanol–water partition coefficient (Wildman–Crippen LogP) is 3.20. The molecule has 2 aromatic carbocycles. The molecule has 0 atom stereocenters. The number of benzene rings is 2. The normalized spacial score (nSPS) is 11.1. The standard InChI is InChI=1S/C16H16ClN3O5S/c1-10-12(5-4-6-15(10)19(2)26(3,24)25)16(21)18-14-9-11(20(22)23)7-8-13(14)17/h4-9H,1-3H3,(H,18,21). The van der Waals surface area contributed by atoms with Gasteiger partial charge in [-0.05, 0) is 30.7 Å². The molecule has 0 radical (unpaired) electrons. The summed E-state index contributed by atoms with van der Waals surface area (Å²) in [4.78, 5) is 22.9. The van der Waals surface area contributed by atoms with E-state index in [4.69, 9.17) is 11.6 Å². The molecule has 0 saturated carbocycles. The Morgan fingerprint density at radius 2 is 1.92 bits per heavy atom. The molecule has 0 unspecified atom stereocenters. The van der Waals surface area contributed by atoms with Crippen molar-refractivity contribution < 1.29 is 18.1 Å². The molecular formula is C16H16ClN3O5S. The van der Waals surface area contributed by atoms with Gasteiger partial charge >= 0.3 is 0 Å². The lowest BCUT2D eigenvalue weighted by molar-refractivity contribution is -0.384. The van der Waals surface area contributed by atoms with E-state index in [2.05, 4.69) is 5.32 Å². The highest BCUT2D eigenvalue weighted by Crippen LogP contribution is 2.29.